The summed E-state index contributed by atoms with van der Waals surface area (Å²) in [5.41, 5.74) is 2.36. The Morgan fingerprint density at radius 2 is 1.89 bits per heavy atom. The molecule has 0 aliphatic carbocycles. The van der Waals surface area contributed by atoms with Gasteiger partial charge in [-0.15, -0.1) is 0 Å². The van der Waals surface area contributed by atoms with Crippen molar-refractivity contribution in [3.63, 3.8) is 0 Å². The van der Waals surface area contributed by atoms with Crippen molar-refractivity contribution in [3.05, 3.63) is 60.7 Å². The Morgan fingerprint density at radius 1 is 1.07 bits per heavy atom. The van der Waals surface area contributed by atoms with Gasteiger partial charge in [0.15, 0.2) is 0 Å². The lowest BCUT2D eigenvalue weighted by atomic mass is 10.2. The fourth-order valence-corrected chi connectivity index (χ4v) is 2.35. The van der Waals surface area contributed by atoms with Crippen molar-refractivity contribution in [1.29, 1.82) is 0 Å². The number of anilines is 2. The van der Waals surface area contributed by atoms with Crippen LogP contribution in [-0.2, 0) is 9.53 Å². The van der Waals surface area contributed by atoms with Crippen molar-refractivity contribution in [2.75, 3.05) is 43.6 Å². The number of nitrogens with one attached hydrogen (secondary N) is 2. The first-order valence-electron chi connectivity index (χ1n) is 9.29. The van der Waals surface area contributed by atoms with Gasteiger partial charge in [0.25, 0.3) is 0 Å². The summed E-state index contributed by atoms with van der Waals surface area (Å²) in [5, 5.41) is 5.96. The van der Waals surface area contributed by atoms with Crippen LogP contribution in [0, 0.1) is 0 Å². The Kier molecular flexibility index (Phi) is 8.88. The summed E-state index contributed by atoms with van der Waals surface area (Å²) in [4.78, 5) is 12.3. The number of para-hydroxylation sites is 2. The summed E-state index contributed by atoms with van der Waals surface area (Å²) in [6.07, 6.45) is 0. The van der Waals surface area contributed by atoms with Crippen molar-refractivity contribution in [3.8, 4) is 11.5 Å². The van der Waals surface area contributed by atoms with Crippen molar-refractivity contribution < 1.29 is 19.0 Å². The number of hydrogen-bond acceptors (Lipinski definition) is 5. The minimum atomic E-state index is -0.166. The van der Waals surface area contributed by atoms with Crippen LogP contribution in [0.2, 0.25) is 0 Å². The van der Waals surface area contributed by atoms with Crippen molar-refractivity contribution in [1.82, 2.24) is 0 Å². The van der Waals surface area contributed by atoms with Crippen LogP contribution in [0.15, 0.2) is 60.7 Å². The second-order valence-corrected chi connectivity index (χ2v) is 6.22. The highest BCUT2D eigenvalue weighted by Gasteiger charge is 2.07. The first-order chi connectivity index (χ1) is 13.6. The highest BCUT2D eigenvalue weighted by Crippen LogP contribution is 2.24. The van der Waals surface area contributed by atoms with Crippen LogP contribution in [-0.4, -0.2) is 38.9 Å². The third kappa shape index (κ3) is 7.72. The lowest BCUT2D eigenvalue weighted by Crippen LogP contribution is -2.22. The van der Waals surface area contributed by atoms with Crippen LogP contribution >= 0.6 is 0 Å². The Balaban J connectivity index is 1.85. The second-order valence-electron chi connectivity index (χ2n) is 6.22. The maximum absolute atomic E-state index is 12.3. The average Bonchev–Trinajstić information content (AvgIpc) is 2.69. The summed E-state index contributed by atoms with van der Waals surface area (Å²) in [6, 6.07) is 14.8. The molecule has 0 spiro atoms. The van der Waals surface area contributed by atoms with E-state index in [1.165, 1.54) is 0 Å². The van der Waals surface area contributed by atoms with Gasteiger partial charge < -0.3 is 24.8 Å². The van der Waals surface area contributed by atoms with Crippen molar-refractivity contribution in [2.24, 2.45) is 0 Å². The number of amides is 1. The molecule has 2 N–H and O–H groups in total. The van der Waals surface area contributed by atoms with E-state index in [-0.39, 0.29) is 12.5 Å². The van der Waals surface area contributed by atoms with Gasteiger partial charge in [-0.2, -0.15) is 0 Å². The molecule has 6 nitrogen and oxygen atoms in total. The third-order valence-corrected chi connectivity index (χ3v) is 3.62. The summed E-state index contributed by atoms with van der Waals surface area (Å²) >= 11 is 0. The van der Waals surface area contributed by atoms with E-state index in [4.69, 9.17) is 14.2 Å². The molecule has 6 heteroatoms. The van der Waals surface area contributed by atoms with Crippen LogP contribution in [0.3, 0.4) is 0 Å². The normalized spacial score (nSPS) is 10.2. The monoisotopic (exact) mass is 384 g/mol. The molecule has 0 atom stereocenters. The SMILES string of the molecule is C=C(C)COc1ccccc1NCC(=O)Nc1cccc(OCCOCC)c1. The molecule has 0 aromatic heterocycles. The van der Waals surface area contributed by atoms with Gasteiger partial charge in [0, 0.05) is 18.4 Å². The average molecular weight is 384 g/mol. The Labute approximate surface area is 166 Å². The zero-order valence-corrected chi connectivity index (χ0v) is 16.5. The van der Waals surface area contributed by atoms with Gasteiger partial charge in [-0.3, -0.25) is 4.79 Å². The van der Waals surface area contributed by atoms with E-state index >= 15 is 0 Å². The standard InChI is InChI=1S/C22H28N2O4/c1-4-26-12-13-27-19-9-7-8-18(14-19)24-22(25)15-23-20-10-5-6-11-21(20)28-16-17(2)3/h5-11,14,23H,2,4,12-13,15-16H2,1,3H3,(H,24,25). The van der Waals surface area contributed by atoms with Crippen LogP contribution in [0.5, 0.6) is 11.5 Å². The summed E-state index contributed by atoms with van der Waals surface area (Å²) in [6.45, 7) is 9.87. The van der Waals surface area contributed by atoms with Gasteiger partial charge in [-0.05, 0) is 43.7 Å². The predicted molar refractivity (Wildman–Crippen MR) is 112 cm³/mol. The molecule has 2 aromatic rings. The molecule has 2 aromatic carbocycles. The number of ether oxygens (including phenoxy) is 3. The number of hydrogen-bond donors (Lipinski definition) is 2. The van der Waals surface area contributed by atoms with Gasteiger partial charge in [-0.1, -0.05) is 24.8 Å². The zero-order valence-electron chi connectivity index (χ0n) is 16.5. The van der Waals surface area contributed by atoms with Crippen LogP contribution < -0.4 is 20.1 Å². The molecular weight excluding hydrogens is 356 g/mol. The van der Waals surface area contributed by atoms with E-state index in [0.29, 0.717) is 43.6 Å². The molecule has 28 heavy (non-hydrogen) atoms. The largest absolute Gasteiger partial charge is 0.491 e. The third-order valence-electron chi connectivity index (χ3n) is 3.62. The molecule has 150 valence electrons. The lowest BCUT2D eigenvalue weighted by Gasteiger charge is -2.13. The molecule has 1 amide bonds. The molecule has 0 bridgehead atoms. The fraction of sp³-hybridized carbons (Fsp3) is 0.318. The highest BCUT2D eigenvalue weighted by molar-refractivity contribution is 5.94. The van der Waals surface area contributed by atoms with E-state index in [2.05, 4.69) is 17.2 Å². The van der Waals surface area contributed by atoms with E-state index in [1.54, 1.807) is 6.07 Å². The van der Waals surface area contributed by atoms with E-state index in [9.17, 15) is 4.79 Å². The lowest BCUT2D eigenvalue weighted by molar-refractivity contribution is -0.114. The Morgan fingerprint density at radius 3 is 2.68 bits per heavy atom. The molecular formula is C22H28N2O4. The molecule has 0 saturated heterocycles. The second kappa shape index (κ2) is 11.7. The predicted octanol–water partition coefficient (Wildman–Crippen LogP) is 4.11. The van der Waals surface area contributed by atoms with Gasteiger partial charge in [0.2, 0.25) is 5.91 Å². The van der Waals surface area contributed by atoms with Crippen LogP contribution in [0.25, 0.3) is 0 Å². The number of carbonyl (C=O) groups excluding carboxylic acids is 1. The quantitative estimate of drug-likeness (QED) is 0.426. The Bertz CT molecular complexity index is 777. The van der Waals surface area contributed by atoms with Crippen molar-refractivity contribution >= 4 is 17.3 Å². The van der Waals surface area contributed by atoms with Crippen molar-refractivity contribution in [2.45, 2.75) is 13.8 Å². The smallest absolute Gasteiger partial charge is 0.243 e. The van der Waals surface area contributed by atoms with Gasteiger partial charge in [0.05, 0.1) is 18.8 Å². The molecule has 2 rings (SSSR count). The Hall–Kier alpha value is -2.99. The molecule has 0 radical (unpaired) electrons. The summed E-state index contributed by atoms with van der Waals surface area (Å²) in [7, 11) is 0. The first kappa shape index (κ1) is 21.3. The minimum Gasteiger partial charge on any atom is -0.491 e. The topological polar surface area (TPSA) is 68.8 Å². The number of rotatable bonds is 12. The molecule has 0 saturated carbocycles. The summed E-state index contributed by atoms with van der Waals surface area (Å²) < 4.78 is 16.6. The van der Waals surface area contributed by atoms with Gasteiger partial charge in [0.1, 0.15) is 24.7 Å². The maximum Gasteiger partial charge on any atom is 0.243 e. The van der Waals surface area contributed by atoms with Gasteiger partial charge in [-0.25, -0.2) is 0 Å². The molecule has 0 fully saturated rings. The number of carbonyl (C=O) groups is 1. The molecule has 0 heterocycles. The molecule has 0 aliphatic heterocycles. The number of benzene rings is 2. The summed E-state index contributed by atoms with van der Waals surface area (Å²) in [5.74, 6) is 1.20. The van der Waals surface area contributed by atoms with E-state index in [1.807, 2.05) is 56.3 Å². The highest BCUT2D eigenvalue weighted by atomic mass is 16.5. The molecule has 0 aliphatic rings. The zero-order chi connectivity index (χ0) is 20.2. The maximum atomic E-state index is 12.3. The van der Waals surface area contributed by atoms with E-state index in [0.717, 1.165) is 11.3 Å². The molecule has 0 unspecified atom stereocenters. The fourth-order valence-electron chi connectivity index (χ4n) is 2.35. The van der Waals surface area contributed by atoms with E-state index < -0.39 is 0 Å². The van der Waals surface area contributed by atoms with Crippen LogP contribution in [0.4, 0.5) is 11.4 Å². The first-order valence-corrected chi connectivity index (χ1v) is 9.29. The van der Waals surface area contributed by atoms with Gasteiger partial charge >= 0.3 is 0 Å². The van der Waals surface area contributed by atoms with Crippen LogP contribution in [0.1, 0.15) is 13.8 Å². The minimum absolute atomic E-state index is 0.114.